The first kappa shape index (κ1) is 16.0. The van der Waals surface area contributed by atoms with Gasteiger partial charge in [0.25, 0.3) is 5.91 Å². The maximum absolute atomic E-state index is 12.2. The van der Waals surface area contributed by atoms with E-state index in [1.807, 2.05) is 44.2 Å². The van der Waals surface area contributed by atoms with E-state index in [2.05, 4.69) is 10.6 Å². The molecular formula is C17H18N2O2S. The molecule has 0 spiro atoms. The maximum atomic E-state index is 12.2. The van der Waals surface area contributed by atoms with Crippen molar-refractivity contribution in [2.24, 2.45) is 0 Å². The van der Waals surface area contributed by atoms with Crippen LogP contribution in [0.15, 0.2) is 42.5 Å². The van der Waals surface area contributed by atoms with Gasteiger partial charge in [-0.05, 0) is 49.8 Å². The second-order valence-corrected chi connectivity index (χ2v) is 5.37. The van der Waals surface area contributed by atoms with Gasteiger partial charge in [-0.2, -0.15) is 0 Å². The van der Waals surface area contributed by atoms with Crippen LogP contribution in [0.2, 0.25) is 0 Å². The van der Waals surface area contributed by atoms with Gasteiger partial charge >= 0.3 is 0 Å². The number of ether oxygens (including phenoxy) is 1. The van der Waals surface area contributed by atoms with Gasteiger partial charge < -0.3 is 10.1 Å². The molecule has 0 aliphatic heterocycles. The SMILES string of the molecule is COc1cccc(NC(=S)NC(=O)c2ccc(C)cc2C)c1. The number of rotatable bonds is 3. The van der Waals surface area contributed by atoms with E-state index < -0.39 is 0 Å². The van der Waals surface area contributed by atoms with Crippen LogP contribution in [0.3, 0.4) is 0 Å². The summed E-state index contributed by atoms with van der Waals surface area (Å²) in [4.78, 5) is 12.2. The third-order valence-corrected chi connectivity index (χ3v) is 3.39. The van der Waals surface area contributed by atoms with Crippen molar-refractivity contribution < 1.29 is 9.53 Å². The summed E-state index contributed by atoms with van der Waals surface area (Å²) in [6.45, 7) is 3.89. The smallest absolute Gasteiger partial charge is 0.257 e. The monoisotopic (exact) mass is 314 g/mol. The summed E-state index contributed by atoms with van der Waals surface area (Å²) in [7, 11) is 1.60. The van der Waals surface area contributed by atoms with Crippen molar-refractivity contribution in [2.75, 3.05) is 12.4 Å². The summed E-state index contributed by atoms with van der Waals surface area (Å²) < 4.78 is 5.14. The Labute approximate surface area is 135 Å². The van der Waals surface area contributed by atoms with Crippen LogP contribution >= 0.6 is 12.2 Å². The molecule has 0 atom stereocenters. The number of methoxy groups -OCH3 is 1. The summed E-state index contributed by atoms with van der Waals surface area (Å²) >= 11 is 5.18. The van der Waals surface area contributed by atoms with Crippen molar-refractivity contribution >= 4 is 28.9 Å². The Kier molecular flexibility index (Phi) is 5.12. The van der Waals surface area contributed by atoms with Crippen LogP contribution in [-0.2, 0) is 0 Å². The van der Waals surface area contributed by atoms with Crippen LogP contribution in [0.1, 0.15) is 21.5 Å². The second-order valence-electron chi connectivity index (χ2n) is 4.96. The number of nitrogens with one attached hydrogen (secondary N) is 2. The van der Waals surface area contributed by atoms with E-state index in [4.69, 9.17) is 17.0 Å². The zero-order valence-electron chi connectivity index (χ0n) is 12.8. The molecule has 2 aromatic rings. The zero-order chi connectivity index (χ0) is 16.1. The molecule has 0 heterocycles. The van der Waals surface area contributed by atoms with E-state index in [0.717, 1.165) is 16.8 Å². The minimum absolute atomic E-state index is 0.224. The molecule has 5 heteroatoms. The van der Waals surface area contributed by atoms with Crippen LogP contribution < -0.4 is 15.4 Å². The molecule has 2 rings (SSSR count). The molecule has 0 aromatic heterocycles. The average Bonchev–Trinajstić information content (AvgIpc) is 2.47. The van der Waals surface area contributed by atoms with Gasteiger partial charge in [0.15, 0.2) is 5.11 Å². The Balaban J connectivity index is 2.03. The van der Waals surface area contributed by atoms with E-state index in [1.165, 1.54) is 0 Å². The van der Waals surface area contributed by atoms with Gasteiger partial charge in [-0.1, -0.05) is 23.8 Å². The minimum atomic E-state index is -0.224. The summed E-state index contributed by atoms with van der Waals surface area (Å²) in [5, 5.41) is 5.90. The largest absolute Gasteiger partial charge is 0.497 e. The molecule has 0 saturated carbocycles. The molecule has 114 valence electrons. The Hall–Kier alpha value is -2.40. The molecule has 0 aliphatic rings. The Morgan fingerprint density at radius 3 is 2.59 bits per heavy atom. The van der Waals surface area contributed by atoms with Crippen LogP contribution in [0.4, 0.5) is 5.69 Å². The highest BCUT2D eigenvalue weighted by atomic mass is 32.1. The first-order chi connectivity index (χ1) is 10.5. The molecule has 2 aromatic carbocycles. The number of benzene rings is 2. The predicted molar refractivity (Wildman–Crippen MR) is 92.6 cm³/mol. The predicted octanol–water partition coefficient (Wildman–Crippen LogP) is 3.44. The maximum Gasteiger partial charge on any atom is 0.257 e. The van der Waals surface area contributed by atoms with E-state index >= 15 is 0 Å². The average molecular weight is 314 g/mol. The lowest BCUT2D eigenvalue weighted by Crippen LogP contribution is -2.34. The van der Waals surface area contributed by atoms with E-state index in [9.17, 15) is 4.79 Å². The standard InChI is InChI=1S/C17H18N2O2S/c1-11-7-8-15(12(2)9-11)16(20)19-17(22)18-13-5-4-6-14(10-13)21-3/h4-10H,1-3H3,(H2,18,19,20,22). The van der Waals surface area contributed by atoms with Crippen LogP contribution in [-0.4, -0.2) is 18.1 Å². The number of hydrogen-bond donors (Lipinski definition) is 2. The molecule has 0 fully saturated rings. The van der Waals surface area contributed by atoms with E-state index in [0.29, 0.717) is 11.3 Å². The fourth-order valence-electron chi connectivity index (χ4n) is 2.10. The van der Waals surface area contributed by atoms with Gasteiger partial charge in [-0.25, -0.2) is 0 Å². The zero-order valence-corrected chi connectivity index (χ0v) is 13.6. The molecule has 0 unspecified atom stereocenters. The fourth-order valence-corrected chi connectivity index (χ4v) is 2.31. The van der Waals surface area contributed by atoms with Gasteiger partial charge in [0, 0.05) is 17.3 Å². The van der Waals surface area contributed by atoms with Gasteiger partial charge in [-0.3, -0.25) is 10.1 Å². The molecule has 0 saturated heterocycles. The quantitative estimate of drug-likeness (QED) is 0.852. The van der Waals surface area contributed by atoms with E-state index in [1.54, 1.807) is 19.2 Å². The molecule has 0 aliphatic carbocycles. The summed E-state index contributed by atoms with van der Waals surface area (Å²) in [5.74, 6) is 0.492. The molecule has 2 N–H and O–H groups in total. The van der Waals surface area contributed by atoms with Gasteiger partial charge in [0.2, 0.25) is 0 Å². The molecule has 0 bridgehead atoms. The first-order valence-corrected chi connectivity index (χ1v) is 7.24. The van der Waals surface area contributed by atoms with Crippen molar-refractivity contribution in [2.45, 2.75) is 13.8 Å². The Morgan fingerprint density at radius 1 is 1.14 bits per heavy atom. The highest BCUT2D eigenvalue weighted by Gasteiger charge is 2.10. The van der Waals surface area contributed by atoms with Gasteiger partial charge in [0.05, 0.1) is 7.11 Å². The number of aryl methyl sites for hydroxylation is 2. The lowest BCUT2D eigenvalue weighted by Gasteiger charge is -2.12. The van der Waals surface area contributed by atoms with Crippen LogP contribution in [0, 0.1) is 13.8 Å². The highest BCUT2D eigenvalue weighted by molar-refractivity contribution is 7.80. The lowest BCUT2D eigenvalue weighted by molar-refractivity contribution is 0.0977. The summed E-state index contributed by atoms with van der Waals surface area (Å²) in [5.41, 5.74) is 3.40. The van der Waals surface area contributed by atoms with Crippen molar-refractivity contribution in [1.82, 2.24) is 5.32 Å². The lowest BCUT2D eigenvalue weighted by atomic mass is 10.1. The van der Waals surface area contributed by atoms with Gasteiger partial charge in [-0.15, -0.1) is 0 Å². The van der Waals surface area contributed by atoms with Crippen molar-refractivity contribution in [3.63, 3.8) is 0 Å². The van der Waals surface area contributed by atoms with Crippen molar-refractivity contribution in [3.05, 3.63) is 59.2 Å². The first-order valence-electron chi connectivity index (χ1n) is 6.83. The van der Waals surface area contributed by atoms with E-state index in [-0.39, 0.29) is 11.0 Å². The highest BCUT2D eigenvalue weighted by Crippen LogP contribution is 2.16. The minimum Gasteiger partial charge on any atom is -0.497 e. The Morgan fingerprint density at radius 2 is 1.91 bits per heavy atom. The molecular weight excluding hydrogens is 296 g/mol. The number of anilines is 1. The summed E-state index contributed by atoms with van der Waals surface area (Å²) in [6, 6.07) is 13.0. The van der Waals surface area contributed by atoms with Crippen LogP contribution in [0.5, 0.6) is 5.75 Å². The third kappa shape index (κ3) is 4.05. The Bertz CT molecular complexity index is 714. The van der Waals surface area contributed by atoms with Crippen molar-refractivity contribution in [3.8, 4) is 5.75 Å². The topological polar surface area (TPSA) is 50.4 Å². The molecule has 4 nitrogen and oxygen atoms in total. The second kappa shape index (κ2) is 7.04. The number of thiocarbonyl (C=S) groups is 1. The molecule has 0 radical (unpaired) electrons. The number of carbonyl (C=O) groups excluding carboxylic acids is 1. The van der Waals surface area contributed by atoms with Crippen molar-refractivity contribution in [1.29, 1.82) is 0 Å². The van der Waals surface area contributed by atoms with Crippen LogP contribution in [0.25, 0.3) is 0 Å². The summed E-state index contributed by atoms with van der Waals surface area (Å²) in [6.07, 6.45) is 0. The van der Waals surface area contributed by atoms with Gasteiger partial charge in [0.1, 0.15) is 5.75 Å². The normalized spacial score (nSPS) is 9.95. The molecule has 1 amide bonds. The fraction of sp³-hybridized carbons (Fsp3) is 0.176. The number of carbonyl (C=O) groups is 1. The number of hydrogen-bond acceptors (Lipinski definition) is 3. The third-order valence-electron chi connectivity index (χ3n) is 3.18. The molecule has 22 heavy (non-hydrogen) atoms. The number of amides is 1.